The molecular formula is C29H38N4O6S2. The first-order chi connectivity index (χ1) is 19.0. The Kier molecular flexibility index (Phi) is 8.58. The largest absolute Gasteiger partial charge is 0.487 e. The summed E-state index contributed by atoms with van der Waals surface area (Å²) in [6.07, 6.45) is 2.57. The van der Waals surface area contributed by atoms with Crippen molar-refractivity contribution in [3.05, 3.63) is 57.6 Å². The number of hydrogen-bond donors (Lipinski definition) is 1. The maximum atomic E-state index is 14.1. The molecule has 0 aliphatic carbocycles. The van der Waals surface area contributed by atoms with Crippen LogP contribution in [0.4, 0.5) is 0 Å². The van der Waals surface area contributed by atoms with Gasteiger partial charge in [0.15, 0.2) is 0 Å². The predicted octanol–water partition coefficient (Wildman–Crippen LogP) is 2.58. The quantitative estimate of drug-likeness (QED) is 0.514. The van der Waals surface area contributed by atoms with Crippen molar-refractivity contribution < 1.29 is 26.4 Å². The third-order valence-corrected chi connectivity index (χ3v) is 11.1. The highest BCUT2D eigenvalue weighted by Crippen LogP contribution is 2.42. The van der Waals surface area contributed by atoms with Crippen molar-refractivity contribution >= 4 is 26.0 Å². The number of nitriles is 1. The first kappa shape index (κ1) is 31.0. The van der Waals surface area contributed by atoms with E-state index >= 15 is 0 Å². The summed E-state index contributed by atoms with van der Waals surface area (Å²) in [6.45, 7) is 9.96. The van der Waals surface area contributed by atoms with Gasteiger partial charge in [-0.2, -0.15) is 14.3 Å². The lowest BCUT2D eigenvalue weighted by Crippen LogP contribution is -2.56. The first-order valence-electron chi connectivity index (χ1n) is 13.6. The molecule has 222 valence electrons. The van der Waals surface area contributed by atoms with Gasteiger partial charge in [0.2, 0.25) is 26.0 Å². The molecule has 41 heavy (non-hydrogen) atoms. The summed E-state index contributed by atoms with van der Waals surface area (Å²) in [5, 5.41) is 9.35. The number of nitrogens with one attached hydrogen (secondary N) is 1. The molecule has 2 aromatic carbocycles. The summed E-state index contributed by atoms with van der Waals surface area (Å²) in [4.78, 5) is 15.4. The molecule has 1 unspecified atom stereocenters. The zero-order valence-corrected chi connectivity index (χ0v) is 26.1. The summed E-state index contributed by atoms with van der Waals surface area (Å²) in [7, 11) is -7.59. The van der Waals surface area contributed by atoms with E-state index in [2.05, 4.69) is 10.8 Å². The van der Waals surface area contributed by atoms with Crippen LogP contribution in [0.3, 0.4) is 0 Å². The molecule has 12 heteroatoms. The van der Waals surface area contributed by atoms with Crippen LogP contribution < -0.4 is 9.46 Å². The van der Waals surface area contributed by atoms with Gasteiger partial charge in [-0.25, -0.2) is 16.8 Å². The van der Waals surface area contributed by atoms with Crippen molar-refractivity contribution in [2.75, 3.05) is 32.4 Å². The van der Waals surface area contributed by atoms with Crippen molar-refractivity contribution in [2.45, 2.75) is 70.4 Å². The number of nitrogens with zero attached hydrogens (tertiary/aromatic N) is 3. The van der Waals surface area contributed by atoms with Gasteiger partial charge >= 0.3 is 0 Å². The van der Waals surface area contributed by atoms with E-state index in [1.165, 1.54) is 9.21 Å². The summed E-state index contributed by atoms with van der Waals surface area (Å²) in [5.41, 5.74) is 3.45. The second kappa shape index (κ2) is 11.4. The van der Waals surface area contributed by atoms with E-state index in [-0.39, 0.29) is 43.1 Å². The lowest BCUT2D eigenvalue weighted by Gasteiger charge is -2.36. The number of amides is 1. The van der Waals surface area contributed by atoms with Crippen LogP contribution in [0.2, 0.25) is 0 Å². The maximum absolute atomic E-state index is 14.1. The van der Waals surface area contributed by atoms with Gasteiger partial charge < -0.3 is 9.64 Å². The van der Waals surface area contributed by atoms with Crippen LogP contribution in [-0.4, -0.2) is 76.0 Å². The van der Waals surface area contributed by atoms with Crippen LogP contribution in [0.1, 0.15) is 53.6 Å². The van der Waals surface area contributed by atoms with E-state index in [0.29, 0.717) is 28.7 Å². The second-order valence-corrected chi connectivity index (χ2v) is 15.2. The molecule has 0 aromatic heterocycles. The molecule has 2 aliphatic heterocycles. The first-order valence-corrected chi connectivity index (χ1v) is 16.9. The molecule has 2 aromatic rings. The minimum absolute atomic E-state index is 0.0270. The Balaban J connectivity index is 1.70. The Hall–Kier alpha value is -2.98. The summed E-state index contributed by atoms with van der Waals surface area (Å²) in [6, 6.07) is 7.62. The smallest absolute Gasteiger partial charge is 0.241 e. The number of rotatable bonds is 7. The van der Waals surface area contributed by atoms with Crippen LogP contribution in [0.15, 0.2) is 29.2 Å². The van der Waals surface area contributed by atoms with E-state index in [1.54, 1.807) is 38.1 Å². The number of fused-ring (bicyclic) bond motifs is 1. The number of carbonyl (C=O) groups excluding carboxylic acids is 1. The molecule has 10 nitrogen and oxygen atoms in total. The summed E-state index contributed by atoms with van der Waals surface area (Å²) < 4.78 is 62.3. The van der Waals surface area contributed by atoms with Gasteiger partial charge in [-0.1, -0.05) is 12.1 Å². The molecule has 0 radical (unpaired) electrons. The lowest BCUT2D eigenvalue weighted by molar-refractivity contribution is -0.134. The average Bonchev–Trinajstić information content (AvgIpc) is 2.90. The fourth-order valence-corrected chi connectivity index (χ4v) is 8.23. The molecule has 1 saturated heterocycles. The number of sulfonamides is 2. The van der Waals surface area contributed by atoms with Crippen molar-refractivity contribution in [2.24, 2.45) is 0 Å². The minimum atomic E-state index is -4.18. The van der Waals surface area contributed by atoms with E-state index in [4.69, 9.17) is 4.74 Å². The number of benzene rings is 2. The third-order valence-electron chi connectivity index (χ3n) is 8.05. The maximum Gasteiger partial charge on any atom is 0.241 e. The fourth-order valence-electron chi connectivity index (χ4n) is 5.64. The van der Waals surface area contributed by atoms with Crippen molar-refractivity contribution in [3.8, 4) is 11.8 Å². The van der Waals surface area contributed by atoms with Gasteiger partial charge in [-0.05, 0) is 93.8 Å². The van der Waals surface area contributed by atoms with Gasteiger partial charge in [0.1, 0.15) is 17.4 Å². The molecule has 1 atom stereocenters. The molecule has 0 bridgehead atoms. The molecule has 2 aliphatic rings. The Morgan fingerprint density at radius 1 is 1.07 bits per heavy atom. The molecule has 2 heterocycles. The molecular weight excluding hydrogens is 564 g/mol. The Labute approximate surface area is 243 Å². The molecule has 1 N–H and O–H groups in total. The van der Waals surface area contributed by atoms with Crippen LogP contribution >= 0.6 is 0 Å². The van der Waals surface area contributed by atoms with Crippen molar-refractivity contribution in [3.63, 3.8) is 0 Å². The number of hydrogen-bond acceptors (Lipinski definition) is 7. The van der Waals surface area contributed by atoms with Gasteiger partial charge in [0, 0.05) is 26.2 Å². The van der Waals surface area contributed by atoms with Crippen LogP contribution in [0.5, 0.6) is 5.75 Å². The molecule has 4 rings (SSSR count). The number of ether oxygens (including phenoxy) is 1. The van der Waals surface area contributed by atoms with E-state index in [1.807, 2.05) is 20.8 Å². The second-order valence-electron chi connectivity index (χ2n) is 11.6. The number of piperazine rings is 1. The SMILES string of the molecule is Cc1c(C)c(S(=O)(=O)NC(Cc2cccc(C#N)c2)C(=O)N2CCN(S(C)(=O)=O)CC2)c(C)c2c1OC(C)(C)CC2. The standard InChI is InChI=1S/C29H38N4O6S2/c1-19-20(2)27(21(3)24-10-11-29(4,5)39-26(19)24)41(37,38)31-25(17-22-8-7-9-23(16-22)18-30)28(34)32-12-14-33(15-13-32)40(6,35)36/h7-9,16,25,31H,10-15,17H2,1-6H3. The highest BCUT2D eigenvalue weighted by molar-refractivity contribution is 7.89. The van der Waals surface area contributed by atoms with Crippen LogP contribution in [0, 0.1) is 32.1 Å². The Bertz CT molecular complexity index is 1620. The normalized spacial score (nSPS) is 18.2. The predicted molar refractivity (Wildman–Crippen MR) is 156 cm³/mol. The van der Waals surface area contributed by atoms with Gasteiger partial charge in [-0.3, -0.25) is 4.79 Å². The van der Waals surface area contributed by atoms with E-state index < -0.39 is 32.0 Å². The van der Waals surface area contributed by atoms with Crippen molar-refractivity contribution in [1.29, 1.82) is 5.26 Å². The zero-order chi connectivity index (χ0) is 30.3. The molecule has 1 fully saturated rings. The lowest BCUT2D eigenvalue weighted by atomic mass is 9.88. The summed E-state index contributed by atoms with van der Waals surface area (Å²) in [5.74, 6) is 0.277. The summed E-state index contributed by atoms with van der Waals surface area (Å²) >= 11 is 0. The minimum Gasteiger partial charge on any atom is -0.487 e. The Morgan fingerprint density at radius 2 is 1.73 bits per heavy atom. The topological polar surface area (TPSA) is 137 Å². The van der Waals surface area contributed by atoms with Crippen molar-refractivity contribution in [1.82, 2.24) is 13.9 Å². The average molecular weight is 603 g/mol. The monoisotopic (exact) mass is 602 g/mol. The number of carbonyl (C=O) groups is 1. The van der Waals surface area contributed by atoms with Crippen LogP contribution in [-0.2, 0) is 37.7 Å². The fraction of sp³-hybridized carbons (Fsp3) is 0.517. The van der Waals surface area contributed by atoms with Crippen LogP contribution in [0.25, 0.3) is 0 Å². The molecule has 0 spiro atoms. The molecule has 0 saturated carbocycles. The highest BCUT2D eigenvalue weighted by Gasteiger charge is 2.37. The van der Waals surface area contributed by atoms with E-state index in [0.717, 1.165) is 29.6 Å². The van der Waals surface area contributed by atoms with Gasteiger partial charge in [0.05, 0.1) is 22.8 Å². The Morgan fingerprint density at radius 3 is 2.34 bits per heavy atom. The van der Waals surface area contributed by atoms with Gasteiger partial charge in [-0.15, -0.1) is 0 Å². The zero-order valence-electron chi connectivity index (χ0n) is 24.4. The highest BCUT2D eigenvalue weighted by atomic mass is 32.2. The third kappa shape index (κ3) is 6.59. The van der Waals surface area contributed by atoms with E-state index in [9.17, 15) is 26.9 Å². The van der Waals surface area contributed by atoms with Gasteiger partial charge in [0.25, 0.3) is 0 Å². The molecule has 1 amide bonds.